The van der Waals surface area contributed by atoms with Gasteiger partial charge in [-0.2, -0.15) is 9.40 Å². The highest BCUT2D eigenvalue weighted by atomic mass is 32.2. The van der Waals surface area contributed by atoms with Gasteiger partial charge in [-0.25, -0.2) is 8.42 Å². The average Bonchev–Trinajstić information content (AvgIpc) is 3.37. The van der Waals surface area contributed by atoms with E-state index in [1.54, 1.807) is 15.9 Å². The highest BCUT2D eigenvalue weighted by Gasteiger charge is 2.31. The molecule has 1 N–H and O–H groups in total. The molecule has 1 saturated carbocycles. The number of benzene rings is 1. The molecule has 0 radical (unpaired) electrons. The van der Waals surface area contributed by atoms with Gasteiger partial charge < -0.3 is 5.32 Å². The van der Waals surface area contributed by atoms with E-state index < -0.39 is 10.0 Å². The van der Waals surface area contributed by atoms with Crippen LogP contribution in [0.3, 0.4) is 0 Å². The maximum Gasteiger partial charge on any atom is 0.251 e. The van der Waals surface area contributed by atoms with Crippen LogP contribution >= 0.6 is 0 Å². The normalized spacial score (nSPS) is 18.4. The lowest BCUT2D eigenvalue weighted by Crippen LogP contribution is -2.36. The van der Waals surface area contributed by atoms with E-state index in [0.29, 0.717) is 47.5 Å². The summed E-state index contributed by atoms with van der Waals surface area (Å²) in [6.07, 6.45) is 7.38. The largest absolute Gasteiger partial charge is 0.349 e. The Balaban J connectivity index is 1.48. The number of hydrogen-bond acceptors (Lipinski definition) is 4. The van der Waals surface area contributed by atoms with E-state index in [1.165, 1.54) is 12.8 Å². The van der Waals surface area contributed by atoms with Crippen LogP contribution in [-0.2, 0) is 16.6 Å². The SMILES string of the molecule is Cc1nn(Cc2ccc(C(=O)NC3CCCC3)cc2)c(C)c1S(=O)(=O)N1CCCCC1. The molecule has 0 bridgehead atoms. The summed E-state index contributed by atoms with van der Waals surface area (Å²) >= 11 is 0. The van der Waals surface area contributed by atoms with E-state index >= 15 is 0 Å². The van der Waals surface area contributed by atoms with Gasteiger partial charge in [0.05, 0.1) is 17.9 Å². The van der Waals surface area contributed by atoms with Crippen LogP contribution in [0.2, 0.25) is 0 Å². The number of aromatic nitrogens is 2. The Morgan fingerprint density at radius 3 is 2.32 bits per heavy atom. The van der Waals surface area contributed by atoms with Crippen LogP contribution in [0.5, 0.6) is 0 Å². The second-order valence-corrected chi connectivity index (χ2v) is 10.6. The molecule has 1 aliphatic carbocycles. The first kappa shape index (κ1) is 22.0. The van der Waals surface area contributed by atoms with Crippen LogP contribution in [0.25, 0.3) is 0 Å². The summed E-state index contributed by atoms with van der Waals surface area (Å²) in [4.78, 5) is 12.8. The minimum Gasteiger partial charge on any atom is -0.349 e. The number of sulfonamides is 1. The third-order valence-corrected chi connectivity index (χ3v) is 8.62. The molecule has 2 aliphatic rings. The van der Waals surface area contributed by atoms with Crippen LogP contribution in [0, 0.1) is 13.8 Å². The quantitative estimate of drug-likeness (QED) is 0.740. The minimum absolute atomic E-state index is 0.0283. The van der Waals surface area contributed by atoms with E-state index in [-0.39, 0.29) is 5.91 Å². The van der Waals surface area contributed by atoms with Crippen molar-refractivity contribution in [3.05, 3.63) is 46.8 Å². The van der Waals surface area contributed by atoms with Crippen molar-refractivity contribution in [1.82, 2.24) is 19.4 Å². The van der Waals surface area contributed by atoms with Gasteiger partial charge in [0.25, 0.3) is 5.91 Å². The molecule has 1 amide bonds. The Kier molecular flexibility index (Phi) is 6.48. The lowest BCUT2D eigenvalue weighted by atomic mass is 10.1. The van der Waals surface area contributed by atoms with Crippen molar-refractivity contribution < 1.29 is 13.2 Å². The summed E-state index contributed by atoms with van der Waals surface area (Å²) in [5.74, 6) is -0.0283. The van der Waals surface area contributed by atoms with Crippen molar-refractivity contribution in [1.29, 1.82) is 0 Å². The van der Waals surface area contributed by atoms with Gasteiger partial charge in [-0.1, -0.05) is 31.4 Å². The monoisotopic (exact) mass is 444 g/mol. The van der Waals surface area contributed by atoms with Gasteiger partial charge in [0, 0.05) is 24.7 Å². The van der Waals surface area contributed by atoms with Gasteiger partial charge in [0.1, 0.15) is 4.90 Å². The van der Waals surface area contributed by atoms with Crippen LogP contribution in [-0.4, -0.2) is 47.5 Å². The van der Waals surface area contributed by atoms with E-state index in [2.05, 4.69) is 10.4 Å². The number of carbonyl (C=O) groups excluding carboxylic acids is 1. The van der Waals surface area contributed by atoms with Gasteiger partial charge in [0.2, 0.25) is 10.0 Å². The number of rotatable bonds is 6. The maximum atomic E-state index is 13.2. The fourth-order valence-corrected chi connectivity index (χ4v) is 6.61. The molecule has 168 valence electrons. The van der Waals surface area contributed by atoms with Crippen LogP contribution in [0.4, 0.5) is 0 Å². The fourth-order valence-electron chi connectivity index (χ4n) is 4.72. The standard InChI is InChI=1S/C23H32N4O3S/c1-17-22(31(29,30)26-14-6-3-7-15-26)18(2)27(25-17)16-19-10-12-20(13-11-19)23(28)24-21-8-4-5-9-21/h10-13,21H,3-9,14-16H2,1-2H3,(H,24,28). The number of nitrogens with one attached hydrogen (secondary N) is 1. The smallest absolute Gasteiger partial charge is 0.251 e. The molecule has 31 heavy (non-hydrogen) atoms. The Labute approximate surface area is 184 Å². The number of hydrogen-bond donors (Lipinski definition) is 1. The number of carbonyl (C=O) groups is 1. The third-order valence-electron chi connectivity index (χ3n) is 6.47. The van der Waals surface area contributed by atoms with Crippen molar-refractivity contribution >= 4 is 15.9 Å². The molecule has 2 heterocycles. The fraction of sp³-hybridized carbons (Fsp3) is 0.565. The molecule has 0 spiro atoms. The lowest BCUT2D eigenvalue weighted by Gasteiger charge is -2.26. The molecule has 1 aliphatic heterocycles. The second-order valence-electron chi connectivity index (χ2n) is 8.77. The Morgan fingerprint density at radius 1 is 1.03 bits per heavy atom. The molecule has 2 fully saturated rings. The van der Waals surface area contributed by atoms with Crippen molar-refractivity contribution in [2.45, 2.75) is 76.3 Å². The zero-order valence-electron chi connectivity index (χ0n) is 18.4. The molecule has 1 aromatic heterocycles. The summed E-state index contributed by atoms with van der Waals surface area (Å²) in [6, 6.07) is 7.78. The second kappa shape index (κ2) is 9.12. The number of piperidine rings is 1. The molecule has 1 saturated heterocycles. The predicted octanol–water partition coefficient (Wildman–Crippen LogP) is 3.40. The molecule has 8 heteroatoms. The molecular weight excluding hydrogens is 412 g/mol. The Bertz CT molecular complexity index is 1030. The summed E-state index contributed by atoms with van der Waals surface area (Å²) in [5, 5.41) is 7.63. The lowest BCUT2D eigenvalue weighted by molar-refractivity contribution is 0.0938. The summed E-state index contributed by atoms with van der Waals surface area (Å²) in [5.41, 5.74) is 2.82. The molecule has 0 atom stereocenters. The number of nitrogens with zero attached hydrogens (tertiary/aromatic N) is 3. The first-order valence-corrected chi connectivity index (χ1v) is 12.7. The molecule has 1 aromatic carbocycles. The van der Waals surface area contributed by atoms with Crippen LogP contribution < -0.4 is 5.32 Å². The van der Waals surface area contributed by atoms with Crippen molar-refractivity contribution in [2.75, 3.05) is 13.1 Å². The maximum absolute atomic E-state index is 13.2. The summed E-state index contributed by atoms with van der Waals surface area (Å²) in [6.45, 7) is 5.21. The molecule has 2 aromatic rings. The van der Waals surface area contributed by atoms with E-state index in [4.69, 9.17) is 0 Å². The Hall–Kier alpha value is -2.19. The number of amides is 1. The molecule has 0 unspecified atom stereocenters. The average molecular weight is 445 g/mol. The first-order valence-electron chi connectivity index (χ1n) is 11.3. The van der Waals surface area contributed by atoms with Crippen LogP contribution in [0.15, 0.2) is 29.2 Å². The Morgan fingerprint density at radius 2 is 1.68 bits per heavy atom. The summed E-state index contributed by atoms with van der Waals surface area (Å²) < 4.78 is 29.7. The van der Waals surface area contributed by atoms with Crippen molar-refractivity contribution in [3.63, 3.8) is 0 Å². The highest BCUT2D eigenvalue weighted by Crippen LogP contribution is 2.26. The van der Waals surface area contributed by atoms with E-state index in [1.807, 2.05) is 31.2 Å². The minimum atomic E-state index is -3.53. The highest BCUT2D eigenvalue weighted by molar-refractivity contribution is 7.89. The third kappa shape index (κ3) is 4.70. The van der Waals surface area contributed by atoms with E-state index in [0.717, 1.165) is 37.7 Å². The van der Waals surface area contributed by atoms with Gasteiger partial charge in [0.15, 0.2) is 0 Å². The number of aryl methyl sites for hydroxylation is 1. The molecular formula is C23H32N4O3S. The van der Waals surface area contributed by atoms with Gasteiger partial charge in [-0.05, 0) is 57.2 Å². The van der Waals surface area contributed by atoms with Gasteiger partial charge in [-0.3, -0.25) is 9.48 Å². The van der Waals surface area contributed by atoms with E-state index in [9.17, 15) is 13.2 Å². The topological polar surface area (TPSA) is 84.3 Å². The van der Waals surface area contributed by atoms with Crippen molar-refractivity contribution in [2.24, 2.45) is 0 Å². The van der Waals surface area contributed by atoms with Crippen LogP contribution in [0.1, 0.15) is 72.3 Å². The summed E-state index contributed by atoms with van der Waals surface area (Å²) in [7, 11) is -3.53. The van der Waals surface area contributed by atoms with Gasteiger partial charge in [-0.15, -0.1) is 0 Å². The van der Waals surface area contributed by atoms with Gasteiger partial charge >= 0.3 is 0 Å². The first-order chi connectivity index (χ1) is 14.9. The molecule has 4 rings (SSSR count). The zero-order valence-corrected chi connectivity index (χ0v) is 19.2. The zero-order chi connectivity index (χ0) is 22.0. The predicted molar refractivity (Wildman–Crippen MR) is 120 cm³/mol. The molecule has 7 nitrogen and oxygen atoms in total. The van der Waals surface area contributed by atoms with Crippen molar-refractivity contribution in [3.8, 4) is 0 Å².